The molecule has 1 aromatic rings. The van der Waals surface area contributed by atoms with E-state index >= 15 is 0 Å². The second-order valence-corrected chi connectivity index (χ2v) is 5.62. The van der Waals surface area contributed by atoms with E-state index in [1.165, 1.54) is 58.2 Å². The summed E-state index contributed by atoms with van der Waals surface area (Å²) in [5, 5.41) is 0. The van der Waals surface area contributed by atoms with Gasteiger partial charge in [-0.1, -0.05) is 6.42 Å². The Hall–Kier alpha value is -1.03. The number of nitrogens with zero attached hydrogens (tertiary/aromatic N) is 3. The van der Waals surface area contributed by atoms with Gasteiger partial charge >= 0.3 is 0 Å². The predicted octanol–water partition coefficient (Wildman–Crippen LogP) is 1.83. The summed E-state index contributed by atoms with van der Waals surface area (Å²) in [6.45, 7) is 3.72. The average Bonchev–Trinajstić information content (AvgIpc) is 2.72. The smallest absolute Gasteiger partial charge is 0.141 e. The number of hydrogen-bond acceptors (Lipinski definition) is 3. The van der Waals surface area contributed by atoms with Crippen molar-refractivity contribution in [3.63, 3.8) is 0 Å². The minimum atomic E-state index is 0.294. The van der Waals surface area contributed by atoms with Gasteiger partial charge in [-0.25, -0.2) is 4.98 Å². The molecule has 0 radical (unpaired) electrons. The molecule has 1 aliphatic heterocycles. The average molecular weight is 234 g/mol. The molecule has 0 aromatic carbocycles. The van der Waals surface area contributed by atoms with Crippen LogP contribution in [0.2, 0.25) is 0 Å². The van der Waals surface area contributed by atoms with Gasteiger partial charge in [0.1, 0.15) is 5.82 Å². The molecule has 1 saturated heterocycles. The molecule has 0 unspecified atom stereocenters. The summed E-state index contributed by atoms with van der Waals surface area (Å²) in [4.78, 5) is 6.80. The molecular formula is C13H22N4. The molecule has 0 spiro atoms. The van der Waals surface area contributed by atoms with Crippen LogP contribution in [0.5, 0.6) is 0 Å². The van der Waals surface area contributed by atoms with Gasteiger partial charge in [-0.05, 0) is 45.2 Å². The number of nitrogens with two attached hydrogens (primary N) is 1. The van der Waals surface area contributed by atoms with Crippen molar-refractivity contribution in [2.75, 3.05) is 25.4 Å². The first-order chi connectivity index (χ1) is 8.28. The number of aromatic nitrogens is 2. The number of rotatable bonds is 3. The van der Waals surface area contributed by atoms with Gasteiger partial charge in [0.25, 0.3) is 0 Å². The van der Waals surface area contributed by atoms with Crippen molar-refractivity contribution in [2.45, 2.75) is 44.1 Å². The van der Waals surface area contributed by atoms with Crippen LogP contribution in [0.25, 0.3) is 0 Å². The molecule has 17 heavy (non-hydrogen) atoms. The highest BCUT2D eigenvalue weighted by molar-refractivity contribution is 5.24. The normalized spacial score (nSPS) is 24.5. The van der Waals surface area contributed by atoms with Gasteiger partial charge in [0.05, 0.1) is 11.9 Å². The maximum atomic E-state index is 5.74. The topological polar surface area (TPSA) is 47.1 Å². The van der Waals surface area contributed by atoms with E-state index in [0.29, 0.717) is 11.4 Å². The van der Waals surface area contributed by atoms with Gasteiger partial charge in [0.2, 0.25) is 0 Å². The van der Waals surface area contributed by atoms with Gasteiger partial charge in [-0.15, -0.1) is 0 Å². The number of imidazole rings is 1. The zero-order valence-electron chi connectivity index (χ0n) is 10.4. The SMILES string of the molecule is Nc1cn(C2(CN3CCCCC3)CCC2)cn1. The number of nitrogen functional groups attached to an aromatic ring is 1. The maximum Gasteiger partial charge on any atom is 0.141 e. The van der Waals surface area contributed by atoms with Gasteiger partial charge < -0.3 is 15.2 Å². The lowest BCUT2D eigenvalue weighted by Gasteiger charge is -2.46. The molecular weight excluding hydrogens is 212 g/mol. The molecule has 4 heteroatoms. The highest BCUT2D eigenvalue weighted by Crippen LogP contribution is 2.40. The molecule has 4 nitrogen and oxygen atoms in total. The van der Waals surface area contributed by atoms with Crippen LogP contribution in [0.15, 0.2) is 12.5 Å². The lowest BCUT2D eigenvalue weighted by Crippen LogP contribution is -2.50. The molecule has 1 aliphatic carbocycles. The number of piperidine rings is 1. The number of hydrogen-bond donors (Lipinski definition) is 1. The van der Waals surface area contributed by atoms with Crippen LogP contribution in [-0.2, 0) is 5.54 Å². The summed E-state index contributed by atoms with van der Waals surface area (Å²) < 4.78 is 2.26. The van der Waals surface area contributed by atoms with Crippen molar-refractivity contribution in [2.24, 2.45) is 0 Å². The minimum Gasteiger partial charge on any atom is -0.382 e. The lowest BCUT2D eigenvalue weighted by molar-refractivity contribution is 0.0661. The van der Waals surface area contributed by atoms with Crippen molar-refractivity contribution < 1.29 is 0 Å². The Balaban J connectivity index is 1.73. The highest BCUT2D eigenvalue weighted by atomic mass is 15.2. The fraction of sp³-hybridized carbons (Fsp3) is 0.769. The molecule has 94 valence electrons. The molecule has 3 rings (SSSR count). The largest absolute Gasteiger partial charge is 0.382 e. The second-order valence-electron chi connectivity index (χ2n) is 5.62. The van der Waals surface area contributed by atoms with E-state index in [9.17, 15) is 0 Å². The molecule has 1 saturated carbocycles. The third-order valence-electron chi connectivity index (χ3n) is 4.40. The molecule has 2 heterocycles. The Morgan fingerprint density at radius 1 is 1.18 bits per heavy atom. The Kier molecular flexibility index (Phi) is 2.82. The van der Waals surface area contributed by atoms with Gasteiger partial charge in [0, 0.05) is 12.7 Å². The number of likely N-dealkylation sites (tertiary alicyclic amines) is 1. The fourth-order valence-corrected chi connectivity index (χ4v) is 3.21. The molecule has 0 amide bonds. The van der Waals surface area contributed by atoms with Crippen molar-refractivity contribution in [1.82, 2.24) is 14.5 Å². The van der Waals surface area contributed by atoms with Gasteiger partial charge in [-0.2, -0.15) is 0 Å². The van der Waals surface area contributed by atoms with Crippen molar-refractivity contribution in [3.05, 3.63) is 12.5 Å². The third-order valence-corrected chi connectivity index (χ3v) is 4.40. The van der Waals surface area contributed by atoms with Crippen LogP contribution in [0, 0.1) is 0 Å². The first-order valence-electron chi connectivity index (χ1n) is 6.81. The Morgan fingerprint density at radius 2 is 1.94 bits per heavy atom. The van der Waals surface area contributed by atoms with Gasteiger partial charge in [-0.3, -0.25) is 0 Å². The van der Waals surface area contributed by atoms with E-state index in [0.717, 1.165) is 0 Å². The summed E-state index contributed by atoms with van der Waals surface area (Å²) >= 11 is 0. The Labute approximate surface area is 103 Å². The standard InChI is InChI=1S/C13H22N4/c14-12-9-17(11-15-12)13(5-4-6-13)10-16-7-2-1-3-8-16/h9,11H,1-8,10,14H2. The van der Waals surface area contributed by atoms with Gasteiger partial charge in [0.15, 0.2) is 0 Å². The van der Waals surface area contributed by atoms with E-state index in [2.05, 4.69) is 14.5 Å². The quantitative estimate of drug-likeness (QED) is 0.868. The zero-order valence-corrected chi connectivity index (χ0v) is 10.4. The third kappa shape index (κ3) is 2.06. The number of anilines is 1. The Morgan fingerprint density at radius 3 is 2.47 bits per heavy atom. The van der Waals surface area contributed by atoms with Crippen molar-refractivity contribution >= 4 is 5.82 Å². The molecule has 0 bridgehead atoms. The molecule has 0 atom stereocenters. The lowest BCUT2D eigenvalue weighted by atomic mass is 9.76. The Bertz CT molecular complexity index is 375. The van der Waals surface area contributed by atoms with Crippen LogP contribution in [0.1, 0.15) is 38.5 Å². The minimum absolute atomic E-state index is 0.294. The fourth-order valence-electron chi connectivity index (χ4n) is 3.21. The van der Waals surface area contributed by atoms with Crippen LogP contribution < -0.4 is 5.73 Å². The van der Waals surface area contributed by atoms with E-state index in [1.54, 1.807) is 0 Å². The van der Waals surface area contributed by atoms with E-state index in [4.69, 9.17) is 5.73 Å². The summed E-state index contributed by atoms with van der Waals surface area (Å²) in [7, 11) is 0. The first kappa shape index (κ1) is 11.1. The van der Waals surface area contributed by atoms with E-state index < -0.39 is 0 Å². The van der Waals surface area contributed by atoms with Crippen LogP contribution in [0.4, 0.5) is 5.82 Å². The summed E-state index contributed by atoms with van der Waals surface area (Å²) in [6.07, 6.45) is 11.9. The van der Waals surface area contributed by atoms with E-state index in [1.807, 2.05) is 12.5 Å². The van der Waals surface area contributed by atoms with Crippen LogP contribution in [0.3, 0.4) is 0 Å². The summed E-state index contributed by atoms with van der Waals surface area (Å²) in [5.41, 5.74) is 6.04. The molecule has 2 N–H and O–H groups in total. The highest BCUT2D eigenvalue weighted by Gasteiger charge is 2.40. The monoisotopic (exact) mass is 234 g/mol. The summed E-state index contributed by atoms with van der Waals surface area (Å²) in [6, 6.07) is 0. The summed E-state index contributed by atoms with van der Waals surface area (Å²) in [5.74, 6) is 0.648. The molecule has 2 fully saturated rings. The van der Waals surface area contributed by atoms with E-state index in [-0.39, 0.29) is 0 Å². The molecule has 2 aliphatic rings. The zero-order chi connectivity index (χ0) is 11.7. The van der Waals surface area contributed by atoms with Crippen molar-refractivity contribution in [3.8, 4) is 0 Å². The predicted molar refractivity (Wildman–Crippen MR) is 68.8 cm³/mol. The maximum absolute atomic E-state index is 5.74. The van der Waals surface area contributed by atoms with Crippen LogP contribution in [-0.4, -0.2) is 34.1 Å². The van der Waals surface area contributed by atoms with Crippen molar-refractivity contribution in [1.29, 1.82) is 0 Å². The second kappa shape index (κ2) is 4.33. The molecule has 1 aromatic heterocycles. The first-order valence-corrected chi connectivity index (χ1v) is 6.81. The van der Waals surface area contributed by atoms with Crippen LogP contribution >= 0.6 is 0 Å².